The summed E-state index contributed by atoms with van der Waals surface area (Å²) in [7, 11) is -3.68. The summed E-state index contributed by atoms with van der Waals surface area (Å²) in [5.41, 5.74) is 1.74. The summed E-state index contributed by atoms with van der Waals surface area (Å²) in [5.74, 6) is 1.86. The minimum atomic E-state index is -3.68. The van der Waals surface area contributed by atoms with Gasteiger partial charge in [0.15, 0.2) is 0 Å². The quantitative estimate of drug-likeness (QED) is 0.767. The van der Waals surface area contributed by atoms with Crippen LogP contribution in [0.2, 0.25) is 0 Å². The summed E-state index contributed by atoms with van der Waals surface area (Å²) >= 11 is 0. The van der Waals surface area contributed by atoms with Gasteiger partial charge in [0.25, 0.3) is 5.91 Å². The Hall–Kier alpha value is -3.13. The van der Waals surface area contributed by atoms with Crippen molar-refractivity contribution in [2.75, 3.05) is 6.54 Å². The molecule has 0 radical (unpaired) electrons. The Bertz CT molecular complexity index is 935. The average molecular weight is 353 g/mol. The van der Waals surface area contributed by atoms with Gasteiger partial charge in [-0.3, -0.25) is 4.79 Å². The number of terminal acetylenes is 1. The third-order valence-corrected chi connectivity index (χ3v) is 4.74. The lowest BCUT2D eigenvalue weighted by molar-refractivity contribution is 0.0951. The first-order chi connectivity index (χ1) is 12.0. The molecular formula is C18H15N3O3S. The van der Waals surface area contributed by atoms with Crippen molar-refractivity contribution in [2.45, 2.75) is 11.4 Å². The van der Waals surface area contributed by atoms with Crippen molar-refractivity contribution in [2.24, 2.45) is 0 Å². The summed E-state index contributed by atoms with van der Waals surface area (Å²) in [6, 6.07) is 14.4. The Kier molecular flexibility index (Phi) is 5.91. The molecule has 0 saturated heterocycles. The van der Waals surface area contributed by atoms with E-state index in [1.807, 2.05) is 6.07 Å². The van der Waals surface area contributed by atoms with Crippen LogP contribution in [0.4, 0.5) is 0 Å². The van der Waals surface area contributed by atoms with Gasteiger partial charge in [-0.05, 0) is 42.0 Å². The van der Waals surface area contributed by atoms with Crippen molar-refractivity contribution in [1.29, 1.82) is 5.26 Å². The number of nitrogens with one attached hydrogen (secondary N) is 2. The zero-order chi connectivity index (χ0) is 18.3. The van der Waals surface area contributed by atoms with Crippen LogP contribution in [0, 0.1) is 23.7 Å². The summed E-state index contributed by atoms with van der Waals surface area (Å²) in [6.45, 7) is 0.198. The molecular weight excluding hydrogens is 338 g/mol. The maximum Gasteiger partial charge on any atom is 0.251 e. The van der Waals surface area contributed by atoms with Crippen LogP contribution in [0.5, 0.6) is 0 Å². The molecule has 7 heteroatoms. The Morgan fingerprint density at radius 2 is 1.72 bits per heavy atom. The van der Waals surface area contributed by atoms with E-state index in [0.29, 0.717) is 17.7 Å². The molecule has 126 valence electrons. The molecule has 0 fully saturated rings. The van der Waals surface area contributed by atoms with Gasteiger partial charge >= 0.3 is 0 Å². The first-order valence-electron chi connectivity index (χ1n) is 7.26. The second-order valence-corrected chi connectivity index (χ2v) is 6.81. The topological polar surface area (TPSA) is 99.1 Å². The third kappa shape index (κ3) is 4.92. The lowest BCUT2D eigenvalue weighted by atomic mass is 10.1. The van der Waals surface area contributed by atoms with Crippen molar-refractivity contribution in [3.8, 4) is 18.4 Å². The smallest absolute Gasteiger partial charge is 0.251 e. The van der Waals surface area contributed by atoms with Crippen molar-refractivity contribution in [3.05, 3.63) is 65.2 Å². The number of carbonyl (C=O) groups is 1. The zero-order valence-corrected chi connectivity index (χ0v) is 14.0. The molecule has 25 heavy (non-hydrogen) atoms. The van der Waals surface area contributed by atoms with Crippen LogP contribution in [-0.2, 0) is 16.6 Å². The second kappa shape index (κ2) is 8.11. The fourth-order valence-corrected chi connectivity index (χ4v) is 2.92. The molecule has 0 saturated carbocycles. The fourth-order valence-electron chi connectivity index (χ4n) is 1.99. The van der Waals surface area contributed by atoms with Gasteiger partial charge in [0.1, 0.15) is 0 Å². The second-order valence-electron chi connectivity index (χ2n) is 5.04. The molecule has 0 bridgehead atoms. The standard InChI is InChI=1S/C18H15N3O3S/c1-2-11-21-25(23,24)17-9-7-16(8-10-17)18(22)20-13-15-5-3-14(12-19)4-6-15/h1,3-10,21H,11,13H2,(H,20,22). The maximum atomic E-state index is 12.1. The van der Waals surface area contributed by atoms with Gasteiger partial charge in [-0.15, -0.1) is 6.42 Å². The Balaban J connectivity index is 2.00. The monoisotopic (exact) mass is 353 g/mol. The summed E-state index contributed by atoms with van der Waals surface area (Å²) in [6.07, 6.45) is 5.03. The van der Waals surface area contributed by atoms with Gasteiger partial charge in [-0.2, -0.15) is 9.98 Å². The predicted octanol–water partition coefficient (Wildman–Crippen LogP) is 1.40. The van der Waals surface area contributed by atoms with Gasteiger partial charge in [-0.1, -0.05) is 18.1 Å². The molecule has 0 heterocycles. The van der Waals surface area contributed by atoms with Gasteiger partial charge in [0, 0.05) is 12.1 Å². The number of sulfonamides is 1. The third-order valence-electron chi connectivity index (χ3n) is 3.33. The highest BCUT2D eigenvalue weighted by Crippen LogP contribution is 2.11. The number of benzene rings is 2. The molecule has 2 aromatic rings. The van der Waals surface area contributed by atoms with E-state index in [-0.39, 0.29) is 17.3 Å². The largest absolute Gasteiger partial charge is 0.348 e. The number of hydrogen-bond acceptors (Lipinski definition) is 4. The average Bonchev–Trinajstić information content (AvgIpc) is 2.65. The highest BCUT2D eigenvalue weighted by atomic mass is 32.2. The molecule has 0 spiro atoms. The van der Waals surface area contributed by atoms with E-state index in [0.717, 1.165) is 5.56 Å². The first kappa shape index (κ1) is 18.2. The molecule has 6 nitrogen and oxygen atoms in total. The first-order valence-corrected chi connectivity index (χ1v) is 8.75. The molecule has 0 aliphatic rings. The molecule has 0 aromatic heterocycles. The van der Waals surface area contributed by atoms with Crippen molar-refractivity contribution >= 4 is 15.9 Å². The van der Waals surface area contributed by atoms with Gasteiger partial charge < -0.3 is 5.32 Å². The molecule has 0 aliphatic carbocycles. The van der Waals surface area contributed by atoms with Gasteiger partial charge in [0.05, 0.1) is 23.1 Å². The van der Waals surface area contributed by atoms with Crippen LogP contribution >= 0.6 is 0 Å². The normalized spacial score (nSPS) is 10.5. The van der Waals surface area contributed by atoms with Crippen molar-refractivity contribution in [1.82, 2.24) is 10.0 Å². The van der Waals surface area contributed by atoms with E-state index in [9.17, 15) is 13.2 Å². The molecule has 2 aromatic carbocycles. The molecule has 2 rings (SSSR count). The van der Waals surface area contributed by atoms with Crippen LogP contribution < -0.4 is 10.0 Å². The van der Waals surface area contributed by atoms with Gasteiger partial charge in [0.2, 0.25) is 10.0 Å². The molecule has 1 amide bonds. The fraction of sp³-hybridized carbons (Fsp3) is 0.111. The van der Waals surface area contributed by atoms with Crippen LogP contribution in [0.25, 0.3) is 0 Å². The highest BCUT2D eigenvalue weighted by molar-refractivity contribution is 7.89. The van der Waals surface area contributed by atoms with Crippen molar-refractivity contribution < 1.29 is 13.2 Å². The SMILES string of the molecule is C#CCNS(=O)(=O)c1ccc(C(=O)NCc2ccc(C#N)cc2)cc1. The van der Waals surface area contributed by atoms with E-state index in [4.69, 9.17) is 11.7 Å². The molecule has 0 aliphatic heterocycles. The van der Waals surface area contributed by atoms with E-state index < -0.39 is 10.0 Å². The summed E-state index contributed by atoms with van der Waals surface area (Å²) < 4.78 is 26.1. The number of amides is 1. The molecule has 0 unspecified atom stereocenters. The lowest BCUT2D eigenvalue weighted by Crippen LogP contribution is -2.25. The van der Waals surface area contributed by atoms with Crippen molar-refractivity contribution in [3.63, 3.8) is 0 Å². The van der Waals surface area contributed by atoms with Crippen LogP contribution in [-0.4, -0.2) is 20.9 Å². The number of nitrogens with zero attached hydrogens (tertiary/aromatic N) is 1. The minimum absolute atomic E-state index is 0.0337. The number of rotatable bonds is 6. The summed E-state index contributed by atoms with van der Waals surface area (Å²) in [5, 5.41) is 11.5. The minimum Gasteiger partial charge on any atom is -0.348 e. The molecule has 0 atom stereocenters. The number of carbonyl (C=O) groups excluding carboxylic acids is 1. The predicted molar refractivity (Wildman–Crippen MR) is 92.8 cm³/mol. The zero-order valence-electron chi connectivity index (χ0n) is 13.2. The maximum absolute atomic E-state index is 12.1. The van der Waals surface area contributed by atoms with E-state index in [1.165, 1.54) is 24.3 Å². The Morgan fingerprint density at radius 1 is 1.08 bits per heavy atom. The molecule has 2 N–H and O–H groups in total. The van der Waals surface area contributed by atoms with Crippen LogP contribution in [0.3, 0.4) is 0 Å². The number of nitriles is 1. The van der Waals surface area contributed by atoms with Crippen LogP contribution in [0.1, 0.15) is 21.5 Å². The highest BCUT2D eigenvalue weighted by Gasteiger charge is 2.14. The number of hydrogen-bond donors (Lipinski definition) is 2. The van der Waals surface area contributed by atoms with E-state index >= 15 is 0 Å². The lowest BCUT2D eigenvalue weighted by Gasteiger charge is -2.07. The van der Waals surface area contributed by atoms with Gasteiger partial charge in [-0.25, -0.2) is 8.42 Å². The summed E-state index contributed by atoms with van der Waals surface area (Å²) in [4.78, 5) is 12.2. The van der Waals surface area contributed by atoms with E-state index in [1.54, 1.807) is 24.3 Å². The van der Waals surface area contributed by atoms with Crippen LogP contribution in [0.15, 0.2) is 53.4 Å². The Morgan fingerprint density at radius 3 is 2.28 bits per heavy atom. The van der Waals surface area contributed by atoms with E-state index in [2.05, 4.69) is 16.0 Å². The Labute approximate surface area is 146 Å².